The SMILES string of the molecule is CC(=O)N1[C@@H]2CN(C(=O)c3ccc(F)cc3)c3ccccc3[C@@H]2[C@@H]1CO. The smallest absolute Gasteiger partial charge is 0.258 e. The molecule has 0 aromatic heterocycles. The van der Waals surface area contributed by atoms with Gasteiger partial charge in [-0.25, -0.2) is 4.39 Å². The molecule has 5 nitrogen and oxygen atoms in total. The summed E-state index contributed by atoms with van der Waals surface area (Å²) in [5.41, 5.74) is 2.13. The lowest BCUT2D eigenvalue weighted by Crippen LogP contribution is -2.70. The van der Waals surface area contributed by atoms with Crippen LogP contribution in [0.25, 0.3) is 0 Å². The Bertz CT molecular complexity index is 868. The maximum atomic E-state index is 13.2. The highest BCUT2D eigenvalue weighted by Gasteiger charge is 2.54. The molecule has 0 bridgehead atoms. The highest BCUT2D eigenvalue weighted by atomic mass is 19.1. The van der Waals surface area contributed by atoms with Crippen LogP contribution in [-0.4, -0.2) is 47.1 Å². The van der Waals surface area contributed by atoms with Gasteiger partial charge in [0.15, 0.2) is 0 Å². The summed E-state index contributed by atoms with van der Waals surface area (Å²) in [6, 6.07) is 12.6. The van der Waals surface area contributed by atoms with Gasteiger partial charge in [-0.15, -0.1) is 0 Å². The number of carbonyl (C=O) groups excluding carboxylic acids is 2. The van der Waals surface area contributed by atoms with Gasteiger partial charge < -0.3 is 14.9 Å². The average Bonchev–Trinajstić information content (AvgIpc) is 2.62. The highest BCUT2D eigenvalue weighted by Crippen LogP contribution is 2.48. The number of rotatable bonds is 2. The average molecular weight is 354 g/mol. The first-order chi connectivity index (χ1) is 12.5. The molecular weight excluding hydrogens is 335 g/mol. The molecule has 3 atom stereocenters. The molecule has 0 aliphatic carbocycles. The predicted octanol–water partition coefficient (Wildman–Crippen LogP) is 2.16. The number of amides is 2. The Kier molecular flexibility index (Phi) is 4.00. The van der Waals surface area contributed by atoms with E-state index in [0.29, 0.717) is 12.1 Å². The van der Waals surface area contributed by atoms with Crippen molar-refractivity contribution in [3.8, 4) is 0 Å². The number of hydrogen-bond acceptors (Lipinski definition) is 3. The van der Waals surface area contributed by atoms with Crippen molar-refractivity contribution in [3.05, 3.63) is 65.5 Å². The second-order valence-electron chi connectivity index (χ2n) is 6.75. The summed E-state index contributed by atoms with van der Waals surface area (Å²) in [6.45, 7) is 1.72. The van der Waals surface area contributed by atoms with Crippen molar-refractivity contribution in [1.29, 1.82) is 0 Å². The van der Waals surface area contributed by atoms with Crippen LogP contribution in [0.5, 0.6) is 0 Å². The third kappa shape index (κ3) is 2.41. The third-order valence-corrected chi connectivity index (χ3v) is 5.39. The van der Waals surface area contributed by atoms with Crippen molar-refractivity contribution in [2.45, 2.75) is 24.9 Å². The molecule has 1 fully saturated rings. The summed E-state index contributed by atoms with van der Waals surface area (Å²) in [5, 5.41) is 9.74. The molecule has 2 aliphatic rings. The Morgan fingerprint density at radius 3 is 2.50 bits per heavy atom. The first-order valence-electron chi connectivity index (χ1n) is 8.59. The first-order valence-corrected chi connectivity index (χ1v) is 8.59. The molecular formula is C20H19FN2O3. The molecule has 2 aromatic rings. The number of anilines is 1. The second kappa shape index (κ2) is 6.21. The second-order valence-corrected chi connectivity index (χ2v) is 6.75. The van der Waals surface area contributed by atoms with Crippen LogP contribution in [-0.2, 0) is 4.79 Å². The van der Waals surface area contributed by atoms with Gasteiger partial charge in [-0.2, -0.15) is 0 Å². The number of aliphatic hydroxyl groups is 1. The fourth-order valence-corrected chi connectivity index (χ4v) is 4.27. The Balaban J connectivity index is 1.74. The number of para-hydroxylation sites is 1. The number of likely N-dealkylation sites (tertiary alicyclic amines) is 1. The van der Waals surface area contributed by atoms with E-state index in [-0.39, 0.29) is 36.4 Å². The minimum Gasteiger partial charge on any atom is -0.394 e. The van der Waals surface area contributed by atoms with Gasteiger partial charge in [0, 0.05) is 30.6 Å². The molecule has 0 saturated carbocycles. The molecule has 2 aliphatic heterocycles. The number of nitrogens with zero attached hydrogens (tertiary/aromatic N) is 2. The normalized spacial score (nSPS) is 23.7. The molecule has 0 unspecified atom stereocenters. The Morgan fingerprint density at radius 1 is 1.15 bits per heavy atom. The topological polar surface area (TPSA) is 60.9 Å². The minimum atomic E-state index is -0.395. The lowest BCUT2D eigenvalue weighted by molar-refractivity contribution is -0.147. The van der Waals surface area contributed by atoms with Crippen LogP contribution in [0.4, 0.5) is 10.1 Å². The van der Waals surface area contributed by atoms with Crippen LogP contribution in [0.15, 0.2) is 48.5 Å². The van der Waals surface area contributed by atoms with E-state index in [1.807, 2.05) is 24.3 Å². The third-order valence-electron chi connectivity index (χ3n) is 5.39. The Morgan fingerprint density at radius 2 is 1.85 bits per heavy atom. The Labute approximate surface area is 150 Å². The summed E-state index contributed by atoms with van der Waals surface area (Å²) < 4.78 is 13.2. The largest absolute Gasteiger partial charge is 0.394 e. The zero-order valence-electron chi connectivity index (χ0n) is 14.3. The molecule has 2 amide bonds. The van der Waals surface area contributed by atoms with Crippen molar-refractivity contribution >= 4 is 17.5 Å². The number of benzene rings is 2. The minimum absolute atomic E-state index is 0.0115. The van der Waals surface area contributed by atoms with Crippen molar-refractivity contribution in [3.63, 3.8) is 0 Å². The van der Waals surface area contributed by atoms with Gasteiger partial charge in [0.05, 0.1) is 18.7 Å². The van der Waals surface area contributed by atoms with E-state index in [1.165, 1.54) is 31.2 Å². The standard InChI is InChI=1S/C20H19FN2O3/c1-12(25)23-17-10-22(20(26)13-6-8-14(21)9-7-13)16-5-3-2-4-15(16)19(17)18(23)11-24/h2-9,17-19,24H,10-11H2,1H3/t17-,18+,19+/m1/s1. The fraction of sp³-hybridized carbons (Fsp3) is 0.300. The summed E-state index contributed by atoms with van der Waals surface area (Å²) in [4.78, 5) is 28.3. The van der Waals surface area contributed by atoms with E-state index in [2.05, 4.69) is 0 Å². The predicted molar refractivity (Wildman–Crippen MR) is 94.4 cm³/mol. The molecule has 0 spiro atoms. The van der Waals surface area contributed by atoms with Crippen LogP contribution in [0.1, 0.15) is 28.8 Å². The summed E-state index contributed by atoms with van der Waals surface area (Å²) in [5.74, 6) is -0.726. The maximum Gasteiger partial charge on any atom is 0.258 e. The fourth-order valence-electron chi connectivity index (χ4n) is 4.27. The van der Waals surface area contributed by atoms with Crippen LogP contribution in [0, 0.1) is 5.82 Å². The number of hydrogen-bond donors (Lipinski definition) is 1. The monoisotopic (exact) mass is 354 g/mol. The van der Waals surface area contributed by atoms with Gasteiger partial charge in [0.25, 0.3) is 5.91 Å². The zero-order chi connectivity index (χ0) is 18.4. The van der Waals surface area contributed by atoms with Crippen molar-refractivity contribution in [1.82, 2.24) is 4.90 Å². The summed E-state index contributed by atoms with van der Waals surface area (Å²) >= 11 is 0. The summed E-state index contributed by atoms with van der Waals surface area (Å²) in [7, 11) is 0. The van der Waals surface area contributed by atoms with E-state index in [0.717, 1.165) is 11.3 Å². The maximum absolute atomic E-state index is 13.2. The van der Waals surface area contributed by atoms with E-state index in [4.69, 9.17) is 0 Å². The molecule has 2 aromatic carbocycles. The zero-order valence-corrected chi connectivity index (χ0v) is 14.3. The van der Waals surface area contributed by atoms with Crippen LogP contribution >= 0.6 is 0 Å². The van der Waals surface area contributed by atoms with E-state index in [9.17, 15) is 19.1 Å². The quantitative estimate of drug-likeness (QED) is 0.899. The van der Waals surface area contributed by atoms with Crippen LogP contribution in [0.2, 0.25) is 0 Å². The number of fused-ring (bicyclic) bond motifs is 3. The molecule has 4 rings (SSSR count). The van der Waals surface area contributed by atoms with E-state index >= 15 is 0 Å². The molecule has 1 N–H and O–H groups in total. The number of halogens is 1. The van der Waals surface area contributed by atoms with Crippen molar-refractivity contribution in [2.75, 3.05) is 18.1 Å². The lowest BCUT2D eigenvalue weighted by atomic mass is 9.72. The molecule has 26 heavy (non-hydrogen) atoms. The van der Waals surface area contributed by atoms with Crippen molar-refractivity contribution in [2.24, 2.45) is 0 Å². The van der Waals surface area contributed by atoms with Crippen LogP contribution < -0.4 is 4.90 Å². The van der Waals surface area contributed by atoms with E-state index < -0.39 is 5.82 Å². The number of carbonyl (C=O) groups is 2. The molecule has 0 radical (unpaired) electrons. The number of aliphatic hydroxyl groups excluding tert-OH is 1. The molecule has 134 valence electrons. The van der Waals surface area contributed by atoms with Gasteiger partial charge in [-0.05, 0) is 35.9 Å². The lowest BCUT2D eigenvalue weighted by Gasteiger charge is -2.58. The van der Waals surface area contributed by atoms with Crippen LogP contribution in [0.3, 0.4) is 0 Å². The van der Waals surface area contributed by atoms with Gasteiger partial charge in [-0.3, -0.25) is 9.59 Å². The molecule has 2 heterocycles. The van der Waals surface area contributed by atoms with Gasteiger partial charge in [-0.1, -0.05) is 18.2 Å². The molecule has 6 heteroatoms. The van der Waals surface area contributed by atoms with Gasteiger partial charge in [0.1, 0.15) is 5.82 Å². The molecule has 1 saturated heterocycles. The Hall–Kier alpha value is -2.73. The van der Waals surface area contributed by atoms with Crippen molar-refractivity contribution < 1.29 is 19.1 Å². The van der Waals surface area contributed by atoms with Gasteiger partial charge in [0.2, 0.25) is 5.91 Å². The van der Waals surface area contributed by atoms with E-state index in [1.54, 1.807) is 9.80 Å². The first kappa shape index (κ1) is 16.7. The summed E-state index contributed by atoms with van der Waals surface area (Å²) in [6.07, 6.45) is 0. The highest BCUT2D eigenvalue weighted by molar-refractivity contribution is 6.07. The van der Waals surface area contributed by atoms with Gasteiger partial charge >= 0.3 is 0 Å².